The molecule has 1 aliphatic rings. The number of carboxylic acid groups (broad SMARTS) is 1. The Morgan fingerprint density at radius 3 is 2.06 bits per heavy atom. The first-order valence-corrected chi connectivity index (χ1v) is 12.2. The first kappa shape index (κ1) is 23.8. The van der Waals surface area contributed by atoms with Crippen molar-refractivity contribution in [3.8, 4) is 22.3 Å². The molecule has 0 saturated heterocycles. The number of halogens is 1. The van der Waals surface area contributed by atoms with Gasteiger partial charge in [0.05, 0.1) is 10.8 Å². The van der Waals surface area contributed by atoms with Gasteiger partial charge in [-0.2, -0.15) is 4.39 Å². The van der Waals surface area contributed by atoms with Crippen molar-refractivity contribution in [3.05, 3.63) is 70.2 Å². The maximum atomic E-state index is 14.7. The van der Waals surface area contributed by atoms with Gasteiger partial charge in [-0.3, -0.25) is 14.4 Å². The summed E-state index contributed by atoms with van der Waals surface area (Å²) in [4.78, 5) is 35.4. The predicted molar refractivity (Wildman–Crippen MR) is 131 cm³/mol. The van der Waals surface area contributed by atoms with Gasteiger partial charge < -0.3 is 10.4 Å². The van der Waals surface area contributed by atoms with E-state index in [1.807, 2.05) is 36.4 Å². The average Bonchev–Trinajstić information content (AvgIpc) is 3.24. The number of hydrogen-bond donors (Lipinski definition) is 2. The van der Waals surface area contributed by atoms with Gasteiger partial charge in [0, 0.05) is 17.7 Å². The van der Waals surface area contributed by atoms with Crippen LogP contribution in [0.2, 0.25) is 0 Å². The molecule has 2 aromatic carbocycles. The van der Waals surface area contributed by atoms with Gasteiger partial charge in [-0.1, -0.05) is 48.5 Å². The average molecular weight is 480 g/mol. The van der Waals surface area contributed by atoms with Crippen LogP contribution in [0, 0.1) is 17.0 Å². The van der Waals surface area contributed by atoms with Gasteiger partial charge in [-0.15, -0.1) is 11.3 Å². The van der Waals surface area contributed by atoms with Crippen LogP contribution in [0.3, 0.4) is 0 Å². The molecule has 2 N–H and O–H groups in total. The summed E-state index contributed by atoms with van der Waals surface area (Å²) in [5, 5.41) is 11.6. The SMILES string of the molecule is CC(=O)c1ccc(-c2ccc(-c3cc(C(=O)NC[C@H]4CC[C@H](C(=O)O)CC4)sc3F)cc2)cc1. The summed E-state index contributed by atoms with van der Waals surface area (Å²) >= 11 is 0.825. The lowest BCUT2D eigenvalue weighted by molar-refractivity contribution is -0.143. The topological polar surface area (TPSA) is 83.5 Å². The van der Waals surface area contributed by atoms with Crippen LogP contribution in [-0.4, -0.2) is 29.3 Å². The lowest BCUT2D eigenvalue weighted by Gasteiger charge is -2.26. The number of carbonyl (C=O) groups is 3. The van der Waals surface area contributed by atoms with Crippen molar-refractivity contribution in [1.82, 2.24) is 5.32 Å². The third kappa shape index (κ3) is 5.42. The second-order valence-corrected chi connectivity index (χ2v) is 9.78. The quantitative estimate of drug-likeness (QED) is 0.405. The highest BCUT2D eigenvalue weighted by Crippen LogP contribution is 2.32. The molecule has 0 atom stereocenters. The summed E-state index contributed by atoms with van der Waals surface area (Å²) in [5.41, 5.74) is 3.63. The molecule has 7 heteroatoms. The minimum atomic E-state index is -0.747. The lowest BCUT2D eigenvalue weighted by atomic mass is 9.82. The second-order valence-electron chi connectivity index (χ2n) is 8.77. The number of carboxylic acids is 1. The van der Waals surface area contributed by atoms with Gasteiger partial charge >= 0.3 is 5.97 Å². The second kappa shape index (κ2) is 10.3. The van der Waals surface area contributed by atoms with Crippen LogP contribution in [0.4, 0.5) is 4.39 Å². The van der Waals surface area contributed by atoms with E-state index < -0.39 is 11.1 Å². The zero-order valence-electron chi connectivity index (χ0n) is 18.8. The van der Waals surface area contributed by atoms with E-state index in [-0.39, 0.29) is 23.5 Å². The van der Waals surface area contributed by atoms with Crippen LogP contribution >= 0.6 is 11.3 Å². The van der Waals surface area contributed by atoms with Crippen molar-refractivity contribution in [2.45, 2.75) is 32.6 Å². The van der Waals surface area contributed by atoms with E-state index in [2.05, 4.69) is 5.32 Å². The predicted octanol–water partition coefficient (Wildman–Crippen LogP) is 6.04. The molecule has 176 valence electrons. The summed E-state index contributed by atoms with van der Waals surface area (Å²) in [6.07, 6.45) is 2.80. The van der Waals surface area contributed by atoms with E-state index in [9.17, 15) is 18.8 Å². The first-order valence-electron chi connectivity index (χ1n) is 11.3. The Morgan fingerprint density at radius 1 is 0.941 bits per heavy atom. The van der Waals surface area contributed by atoms with E-state index in [0.717, 1.165) is 35.3 Å². The molecule has 34 heavy (non-hydrogen) atoms. The van der Waals surface area contributed by atoms with Crippen molar-refractivity contribution in [1.29, 1.82) is 0 Å². The molecule has 1 fully saturated rings. The number of thiophene rings is 1. The Labute approximate surface area is 201 Å². The van der Waals surface area contributed by atoms with Crippen LogP contribution < -0.4 is 5.32 Å². The summed E-state index contributed by atoms with van der Waals surface area (Å²) in [6.45, 7) is 2.00. The van der Waals surface area contributed by atoms with Crippen LogP contribution in [-0.2, 0) is 4.79 Å². The minimum absolute atomic E-state index is 0.0141. The van der Waals surface area contributed by atoms with Crippen molar-refractivity contribution in [3.63, 3.8) is 0 Å². The largest absolute Gasteiger partial charge is 0.481 e. The fourth-order valence-electron chi connectivity index (χ4n) is 4.35. The summed E-state index contributed by atoms with van der Waals surface area (Å²) in [6, 6.07) is 16.3. The molecule has 1 heterocycles. The standard InChI is InChI=1S/C27H26FNO4S/c1-16(30)18-6-8-19(9-7-18)20-10-12-21(13-11-20)23-14-24(34-25(23)28)26(31)29-15-17-2-4-22(5-3-17)27(32)33/h6-14,17,22H,2-5,15H2,1H3,(H,29,31)(H,32,33)/t17-,22-. The van der Waals surface area contributed by atoms with Crippen molar-refractivity contribution in [2.24, 2.45) is 11.8 Å². The molecule has 0 unspecified atom stereocenters. The maximum Gasteiger partial charge on any atom is 0.306 e. The molecular formula is C27H26FNO4S. The van der Waals surface area contributed by atoms with E-state index >= 15 is 0 Å². The monoisotopic (exact) mass is 479 g/mol. The molecule has 0 radical (unpaired) electrons. The van der Waals surface area contributed by atoms with E-state index in [1.165, 1.54) is 6.92 Å². The summed E-state index contributed by atoms with van der Waals surface area (Å²) in [7, 11) is 0. The lowest BCUT2D eigenvalue weighted by Crippen LogP contribution is -2.32. The molecule has 3 aromatic rings. The molecule has 1 saturated carbocycles. The van der Waals surface area contributed by atoms with Crippen LogP contribution in [0.5, 0.6) is 0 Å². The molecule has 1 aliphatic carbocycles. The molecule has 0 bridgehead atoms. The number of nitrogens with one attached hydrogen (secondary N) is 1. The van der Waals surface area contributed by atoms with Gasteiger partial charge in [0.15, 0.2) is 10.9 Å². The van der Waals surface area contributed by atoms with E-state index in [4.69, 9.17) is 5.11 Å². The number of amides is 1. The number of hydrogen-bond acceptors (Lipinski definition) is 4. The Hall–Kier alpha value is -3.32. The Kier molecular flexibility index (Phi) is 7.22. The number of rotatable bonds is 7. The number of ketones is 1. The molecule has 5 nitrogen and oxygen atoms in total. The van der Waals surface area contributed by atoms with Crippen molar-refractivity contribution in [2.75, 3.05) is 6.54 Å². The summed E-state index contributed by atoms with van der Waals surface area (Å²) in [5.74, 6) is -1.07. The highest BCUT2D eigenvalue weighted by Gasteiger charge is 2.26. The van der Waals surface area contributed by atoms with Gasteiger partial charge in [0.1, 0.15) is 0 Å². The third-order valence-corrected chi connectivity index (χ3v) is 7.40. The minimum Gasteiger partial charge on any atom is -0.481 e. The number of aliphatic carboxylic acids is 1. The normalized spacial score (nSPS) is 17.8. The zero-order chi connectivity index (χ0) is 24.2. The van der Waals surface area contributed by atoms with Crippen molar-refractivity contribution < 1.29 is 23.9 Å². The van der Waals surface area contributed by atoms with Gasteiger partial charge in [-0.25, -0.2) is 0 Å². The summed E-state index contributed by atoms with van der Waals surface area (Å²) < 4.78 is 14.7. The smallest absolute Gasteiger partial charge is 0.306 e. The molecule has 4 rings (SSSR count). The van der Waals surface area contributed by atoms with Gasteiger partial charge in [-0.05, 0) is 61.3 Å². The highest BCUT2D eigenvalue weighted by molar-refractivity contribution is 7.12. The van der Waals surface area contributed by atoms with Crippen LogP contribution in [0.1, 0.15) is 52.6 Å². The first-order chi connectivity index (χ1) is 16.3. The fraction of sp³-hybridized carbons (Fsp3) is 0.296. The molecule has 1 aromatic heterocycles. The molecule has 0 spiro atoms. The Morgan fingerprint density at radius 2 is 1.50 bits per heavy atom. The molecular weight excluding hydrogens is 453 g/mol. The maximum absolute atomic E-state index is 14.7. The van der Waals surface area contributed by atoms with Crippen LogP contribution in [0.25, 0.3) is 22.3 Å². The zero-order valence-corrected chi connectivity index (χ0v) is 19.7. The highest BCUT2D eigenvalue weighted by atomic mass is 32.1. The molecule has 1 amide bonds. The van der Waals surface area contributed by atoms with Gasteiger partial charge in [0.2, 0.25) is 0 Å². The number of benzene rings is 2. The Balaban J connectivity index is 1.39. The number of Topliss-reactive ketones (excluding diaryl/α,β-unsaturated/α-hetero) is 1. The van der Waals surface area contributed by atoms with E-state index in [1.54, 1.807) is 18.2 Å². The third-order valence-electron chi connectivity index (χ3n) is 6.48. The van der Waals surface area contributed by atoms with Crippen LogP contribution in [0.15, 0.2) is 54.6 Å². The number of carbonyl (C=O) groups excluding carboxylic acids is 2. The molecule has 0 aliphatic heterocycles. The van der Waals surface area contributed by atoms with E-state index in [0.29, 0.717) is 41.0 Å². The Bertz CT molecular complexity index is 1190. The fourth-order valence-corrected chi connectivity index (χ4v) is 5.18. The van der Waals surface area contributed by atoms with Gasteiger partial charge in [0.25, 0.3) is 5.91 Å². The van der Waals surface area contributed by atoms with Crippen molar-refractivity contribution >= 4 is 29.0 Å².